The average molecular weight is 368 g/mol. The van der Waals surface area contributed by atoms with Crippen molar-refractivity contribution in [3.05, 3.63) is 46.6 Å². The SMILES string of the molecule is Cn1cc(-n2cc(C(=O)NC3CCC4(CCCCC4)CC3)ccc2=O)cn1. The Hall–Kier alpha value is -2.37. The van der Waals surface area contributed by atoms with Gasteiger partial charge in [0.1, 0.15) is 0 Å². The molecule has 0 saturated heterocycles. The normalized spacial score (nSPS) is 19.9. The summed E-state index contributed by atoms with van der Waals surface area (Å²) in [5.41, 5.74) is 1.55. The molecule has 0 unspecified atom stereocenters. The van der Waals surface area contributed by atoms with Crippen molar-refractivity contribution in [1.82, 2.24) is 19.7 Å². The lowest BCUT2D eigenvalue weighted by Gasteiger charge is -2.43. The molecular weight excluding hydrogens is 340 g/mol. The maximum atomic E-state index is 12.7. The highest BCUT2D eigenvalue weighted by Gasteiger charge is 2.36. The van der Waals surface area contributed by atoms with Gasteiger partial charge in [-0.3, -0.25) is 18.8 Å². The van der Waals surface area contributed by atoms with Gasteiger partial charge in [-0.15, -0.1) is 0 Å². The van der Waals surface area contributed by atoms with E-state index in [1.54, 1.807) is 36.4 Å². The number of nitrogens with one attached hydrogen (secondary N) is 1. The van der Waals surface area contributed by atoms with Crippen LogP contribution in [0.1, 0.15) is 68.1 Å². The fourth-order valence-electron chi connectivity index (χ4n) is 4.80. The van der Waals surface area contributed by atoms with Crippen molar-refractivity contribution in [3.63, 3.8) is 0 Å². The number of rotatable bonds is 3. The van der Waals surface area contributed by atoms with Gasteiger partial charge >= 0.3 is 0 Å². The van der Waals surface area contributed by atoms with E-state index in [-0.39, 0.29) is 17.5 Å². The molecule has 0 atom stereocenters. The highest BCUT2D eigenvalue weighted by Crippen LogP contribution is 2.47. The summed E-state index contributed by atoms with van der Waals surface area (Å²) in [6.45, 7) is 0. The number of aryl methyl sites for hydroxylation is 1. The summed E-state index contributed by atoms with van der Waals surface area (Å²) in [7, 11) is 1.80. The number of amides is 1. The monoisotopic (exact) mass is 368 g/mol. The Morgan fingerprint density at radius 1 is 1.11 bits per heavy atom. The van der Waals surface area contributed by atoms with E-state index < -0.39 is 0 Å². The summed E-state index contributed by atoms with van der Waals surface area (Å²) in [5.74, 6) is -0.0998. The van der Waals surface area contributed by atoms with Gasteiger partial charge in [0.25, 0.3) is 11.5 Å². The maximum Gasteiger partial charge on any atom is 0.255 e. The minimum atomic E-state index is -0.170. The number of carbonyl (C=O) groups excluding carboxylic acids is 1. The van der Waals surface area contributed by atoms with Crippen molar-refractivity contribution >= 4 is 5.91 Å². The molecule has 2 saturated carbocycles. The van der Waals surface area contributed by atoms with Crippen LogP contribution in [0.3, 0.4) is 0 Å². The van der Waals surface area contributed by atoms with E-state index in [1.165, 1.54) is 55.6 Å². The lowest BCUT2D eigenvalue weighted by atomic mass is 9.64. The lowest BCUT2D eigenvalue weighted by Crippen LogP contribution is -2.41. The smallest absolute Gasteiger partial charge is 0.255 e. The summed E-state index contributed by atoms with van der Waals surface area (Å²) >= 11 is 0. The van der Waals surface area contributed by atoms with Crippen LogP contribution in [-0.2, 0) is 7.05 Å². The first-order valence-corrected chi connectivity index (χ1v) is 10.1. The summed E-state index contributed by atoms with van der Waals surface area (Å²) < 4.78 is 3.11. The van der Waals surface area contributed by atoms with Crippen LogP contribution in [-0.4, -0.2) is 26.3 Å². The first kappa shape index (κ1) is 18.0. The molecule has 27 heavy (non-hydrogen) atoms. The van der Waals surface area contributed by atoms with Crippen LogP contribution >= 0.6 is 0 Å². The minimum Gasteiger partial charge on any atom is -0.349 e. The zero-order chi connectivity index (χ0) is 18.9. The van der Waals surface area contributed by atoms with Crippen LogP contribution in [0.4, 0.5) is 0 Å². The highest BCUT2D eigenvalue weighted by molar-refractivity contribution is 5.94. The van der Waals surface area contributed by atoms with Crippen LogP contribution in [0.2, 0.25) is 0 Å². The molecule has 2 aromatic heterocycles. The molecule has 1 spiro atoms. The van der Waals surface area contributed by atoms with E-state index in [0.29, 0.717) is 16.7 Å². The second kappa shape index (κ2) is 7.33. The Morgan fingerprint density at radius 2 is 1.85 bits per heavy atom. The van der Waals surface area contributed by atoms with Crippen LogP contribution in [0.5, 0.6) is 0 Å². The summed E-state index contributed by atoms with van der Waals surface area (Å²) in [4.78, 5) is 24.9. The number of hydrogen-bond donors (Lipinski definition) is 1. The van der Waals surface area contributed by atoms with Crippen molar-refractivity contribution < 1.29 is 4.79 Å². The zero-order valence-electron chi connectivity index (χ0n) is 16.0. The van der Waals surface area contributed by atoms with Crippen LogP contribution < -0.4 is 10.9 Å². The maximum absolute atomic E-state index is 12.7. The summed E-state index contributed by atoms with van der Waals surface area (Å²) in [5, 5.41) is 7.29. The molecule has 2 heterocycles. The van der Waals surface area contributed by atoms with Gasteiger partial charge in [-0.1, -0.05) is 19.3 Å². The van der Waals surface area contributed by atoms with Gasteiger partial charge in [-0.2, -0.15) is 5.10 Å². The predicted molar refractivity (Wildman–Crippen MR) is 104 cm³/mol. The number of hydrogen-bond acceptors (Lipinski definition) is 3. The van der Waals surface area contributed by atoms with E-state index in [2.05, 4.69) is 10.4 Å². The molecule has 2 fully saturated rings. The van der Waals surface area contributed by atoms with Gasteiger partial charge in [-0.25, -0.2) is 0 Å². The quantitative estimate of drug-likeness (QED) is 0.905. The van der Waals surface area contributed by atoms with Gasteiger partial charge in [0.05, 0.1) is 17.4 Å². The molecule has 1 N–H and O–H groups in total. The first-order valence-electron chi connectivity index (χ1n) is 10.1. The Morgan fingerprint density at radius 3 is 2.52 bits per heavy atom. The Balaban J connectivity index is 1.42. The lowest BCUT2D eigenvalue weighted by molar-refractivity contribution is 0.0835. The van der Waals surface area contributed by atoms with Crippen molar-refractivity contribution in [2.45, 2.75) is 63.8 Å². The molecule has 2 aliphatic rings. The number of nitrogens with zero attached hydrogens (tertiary/aromatic N) is 3. The summed E-state index contributed by atoms with van der Waals surface area (Å²) in [6, 6.07) is 3.29. The third kappa shape index (κ3) is 3.84. The molecule has 2 aromatic rings. The molecule has 2 aliphatic carbocycles. The van der Waals surface area contributed by atoms with Crippen LogP contribution in [0.15, 0.2) is 35.5 Å². The average Bonchev–Trinajstić information content (AvgIpc) is 3.11. The molecule has 6 nitrogen and oxygen atoms in total. The van der Waals surface area contributed by atoms with E-state index >= 15 is 0 Å². The summed E-state index contributed by atoms with van der Waals surface area (Å²) in [6.07, 6.45) is 16.4. The molecule has 144 valence electrons. The van der Waals surface area contributed by atoms with Gasteiger partial charge in [0, 0.05) is 31.5 Å². The van der Waals surface area contributed by atoms with E-state index in [9.17, 15) is 9.59 Å². The molecule has 0 radical (unpaired) electrons. The fraction of sp³-hybridized carbons (Fsp3) is 0.571. The fourth-order valence-corrected chi connectivity index (χ4v) is 4.80. The van der Waals surface area contributed by atoms with Crippen LogP contribution in [0, 0.1) is 5.41 Å². The molecule has 0 bridgehead atoms. The van der Waals surface area contributed by atoms with Crippen molar-refractivity contribution in [3.8, 4) is 5.69 Å². The molecular formula is C21H28N4O2. The third-order valence-corrected chi connectivity index (χ3v) is 6.44. The largest absolute Gasteiger partial charge is 0.349 e. The Bertz CT molecular complexity index is 866. The van der Waals surface area contributed by atoms with Crippen molar-refractivity contribution in [2.75, 3.05) is 0 Å². The van der Waals surface area contributed by atoms with E-state index in [0.717, 1.165) is 12.8 Å². The van der Waals surface area contributed by atoms with Gasteiger partial charge < -0.3 is 5.32 Å². The standard InChI is InChI=1S/C21H28N4O2/c1-24-15-18(13-22-24)25-14-16(5-6-19(25)26)20(27)23-17-7-11-21(12-8-17)9-3-2-4-10-21/h5-6,13-15,17H,2-4,7-12H2,1H3,(H,23,27). The van der Waals surface area contributed by atoms with Gasteiger partial charge in [0.15, 0.2) is 0 Å². The number of carbonyl (C=O) groups is 1. The molecule has 0 aromatic carbocycles. The van der Waals surface area contributed by atoms with E-state index in [1.807, 2.05) is 0 Å². The second-order valence-corrected chi connectivity index (χ2v) is 8.31. The van der Waals surface area contributed by atoms with Crippen molar-refractivity contribution in [1.29, 1.82) is 0 Å². The zero-order valence-corrected chi connectivity index (χ0v) is 16.0. The molecule has 1 amide bonds. The second-order valence-electron chi connectivity index (χ2n) is 8.31. The Labute approximate surface area is 159 Å². The third-order valence-electron chi connectivity index (χ3n) is 6.44. The van der Waals surface area contributed by atoms with Gasteiger partial charge in [-0.05, 0) is 50.0 Å². The number of aromatic nitrogens is 3. The van der Waals surface area contributed by atoms with Crippen molar-refractivity contribution in [2.24, 2.45) is 12.5 Å². The molecule has 6 heteroatoms. The number of pyridine rings is 1. The first-order chi connectivity index (χ1) is 13.0. The van der Waals surface area contributed by atoms with E-state index in [4.69, 9.17) is 0 Å². The minimum absolute atomic E-state index is 0.0998. The highest BCUT2D eigenvalue weighted by atomic mass is 16.2. The predicted octanol–water partition coefficient (Wildman–Crippen LogP) is 3.19. The molecule has 4 rings (SSSR count). The van der Waals surface area contributed by atoms with Crippen LogP contribution in [0.25, 0.3) is 5.69 Å². The Kier molecular flexibility index (Phi) is 4.89. The topological polar surface area (TPSA) is 68.9 Å². The molecule has 0 aliphatic heterocycles. The van der Waals surface area contributed by atoms with Gasteiger partial charge in [0.2, 0.25) is 0 Å².